The summed E-state index contributed by atoms with van der Waals surface area (Å²) in [7, 11) is 0. The fourth-order valence-corrected chi connectivity index (χ4v) is 2.16. The molecule has 1 atom stereocenters. The first-order valence-corrected chi connectivity index (χ1v) is 6.49. The Labute approximate surface area is 111 Å². The average molecular weight is 260 g/mol. The monoisotopic (exact) mass is 260 g/mol. The predicted molar refractivity (Wildman–Crippen MR) is 69.0 cm³/mol. The van der Waals surface area contributed by atoms with Crippen LogP contribution in [0, 0.1) is 0 Å². The Kier molecular flexibility index (Phi) is 3.21. The zero-order valence-electron chi connectivity index (χ0n) is 11.0. The minimum atomic E-state index is -0.153. The lowest BCUT2D eigenvalue weighted by Gasteiger charge is -2.04. The van der Waals surface area contributed by atoms with E-state index in [4.69, 9.17) is 14.0 Å². The van der Waals surface area contributed by atoms with Crippen molar-refractivity contribution in [1.82, 2.24) is 10.1 Å². The summed E-state index contributed by atoms with van der Waals surface area (Å²) in [5.74, 6) is 2.05. The maximum absolute atomic E-state index is 5.48. The third kappa shape index (κ3) is 2.33. The van der Waals surface area contributed by atoms with Crippen molar-refractivity contribution in [2.75, 3.05) is 13.2 Å². The average Bonchev–Trinajstić information content (AvgIpc) is 3.07. The number of benzene rings is 1. The summed E-state index contributed by atoms with van der Waals surface area (Å²) in [6, 6.07) is 5.94. The van der Waals surface area contributed by atoms with Gasteiger partial charge in [-0.3, -0.25) is 0 Å². The van der Waals surface area contributed by atoms with E-state index < -0.39 is 0 Å². The van der Waals surface area contributed by atoms with Gasteiger partial charge in [0.25, 0.3) is 5.89 Å². The zero-order valence-corrected chi connectivity index (χ0v) is 11.0. The SMILES string of the molecule is CCOC(C)c1noc(-c2ccc3c(c2)CCO3)n1. The number of rotatable bonds is 4. The van der Waals surface area contributed by atoms with Gasteiger partial charge in [0.2, 0.25) is 5.82 Å². The number of ether oxygens (including phenoxy) is 2. The van der Waals surface area contributed by atoms with Crippen LogP contribution in [0.3, 0.4) is 0 Å². The second kappa shape index (κ2) is 5.01. The van der Waals surface area contributed by atoms with Crippen LogP contribution in [0.15, 0.2) is 22.7 Å². The lowest BCUT2D eigenvalue weighted by Crippen LogP contribution is -2.01. The Bertz CT molecular complexity index is 580. The van der Waals surface area contributed by atoms with Crippen molar-refractivity contribution in [3.63, 3.8) is 0 Å². The number of hydrogen-bond donors (Lipinski definition) is 0. The van der Waals surface area contributed by atoms with Crippen LogP contribution in [0.2, 0.25) is 0 Å². The van der Waals surface area contributed by atoms with Crippen molar-refractivity contribution in [3.8, 4) is 17.2 Å². The highest BCUT2D eigenvalue weighted by Crippen LogP contribution is 2.30. The van der Waals surface area contributed by atoms with E-state index in [0.29, 0.717) is 18.3 Å². The van der Waals surface area contributed by atoms with Crippen LogP contribution in [0.25, 0.3) is 11.5 Å². The van der Waals surface area contributed by atoms with E-state index in [1.807, 2.05) is 32.0 Å². The Balaban J connectivity index is 1.86. The van der Waals surface area contributed by atoms with Crippen LogP contribution in [-0.2, 0) is 11.2 Å². The normalized spacial score (nSPS) is 15.1. The van der Waals surface area contributed by atoms with Gasteiger partial charge in [-0.25, -0.2) is 0 Å². The molecule has 1 aromatic heterocycles. The third-order valence-corrected chi connectivity index (χ3v) is 3.16. The number of hydrogen-bond acceptors (Lipinski definition) is 5. The van der Waals surface area contributed by atoms with Crippen molar-refractivity contribution in [1.29, 1.82) is 0 Å². The fourth-order valence-electron chi connectivity index (χ4n) is 2.16. The molecule has 3 rings (SSSR count). The number of fused-ring (bicyclic) bond motifs is 1. The molecule has 19 heavy (non-hydrogen) atoms. The molecular weight excluding hydrogens is 244 g/mol. The molecule has 0 radical (unpaired) electrons. The molecule has 100 valence electrons. The topological polar surface area (TPSA) is 57.4 Å². The summed E-state index contributed by atoms with van der Waals surface area (Å²) in [6.45, 7) is 5.23. The quantitative estimate of drug-likeness (QED) is 0.846. The molecular formula is C14H16N2O3. The maximum atomic E-state index is 5.48. The molecule has 1 aliphatic rings. The van der Waals surface area contributed by atoms with E-state index in [1.165, 1.54) is 5.56 Å². The van der Waals surface area contributed by atoms with Gasteiger partial charge in [-0.1, -0.05) is 5.16 Å². The van der Waals surface area contributed by atoms with Gasteiger partial charge in [0.15, 0.2) is 0 Å². The molecule has 5 heteroatoms. The van der Waals surface area contributed by atoms with E-state index in [-0.39, 0.29) is 6.10 Å². The van der Waals surface area contributed by atoms with E-state index in [9.17, 15) is 0 Å². The van der Waals surface area contributed by atoms with Crippen molar-refractivity contribution in [2.45, 2.75) is 26.4 Å². The van der Waals surface area contributed by atoms with Crippen molar-refractivity contribution in [3.05, 3.63) is 29.6 Å². The summed E-state index contributed by atoms with van der Waals surface area (Å²) < 4.78 is 16.2. The van der Waals surface area contributed by atoms with Crippen molar-refractivity contribution < 1.29 is 14.0 Å². The lowest BCUT2D eigenvalue weighted by molar-refractivity contribution is 0.0683. The molecule has 0 N–H and O–H groups in total. The van der Waals surface area contributed by atoms with E-state index in [0.717, 1.165) is 24.3 Å². The Morgan fingerprint density at radius 2 is 2.32 bits per heavy atom. The third-order valence-electron chi connectivity index (χ3n) is 3.16. The molecule has 1 aromatic carbocycles. The van der Waals surface area contributed by atoms with Crippen LogP contribution in [0.4, 0.5) is 0 Å². The van der Waals surface area contributed by atoms with E-state index in [1.54, 1.807) is 0 Å². The molecule has 0 aliphatic carbocycles. The second-order valence-corrected chi connectivity index (χ2v) is 4.48. The largest absolute Gasteiger partial charge is 0.493 e. The van der Waals surface area contributed by atoms with Crippen molar-refractivity contribution in [2.24, 2.45) is 0 Å². The maximum Gasteiger partial charge on any atom is 0.258 e. The van der Waals surface area contributed by atoms with Gasteiger partial charge < -0.3 is 14.0 Å². The summed E-state index contributed by atoms with van der Waals surface area (Å²) in [5.41, 5.74) is 2.11. The summed E-state index contributed by atoms with van der Waals surface area (Å²) in [6.07, 6.45) is 0.778. The molecule has 0 amide bonds. The Hall–Kier alpha value is -1.88. The fraction of sp³-hybridized carbons (Fsp3) is 0.429. The molecule has 1 aliphatic heterocycles. The summed E-state index contributed by atoms with van der Waals surface area (Å²) >= 11 is 0. The Morgan fingerprint density at radius 1 is 1.42 bits per heavy atom. The van der Waals surface area contributed by atoms with Crippen LogP contribution < -0.4 is 4.74 Å². The van der Waals surface area contributed by atoms with Crippen LogP contribution >= 0.6 is 0 Å². The van der Waals surface area contributed by atoms with Crippen LogP contribution in [0.1, 0.15) is 31.3 Å². The van der Waals surface area contributed by atoms with Crippen LogP contribution in [0.5, 0.6) is 5.75 Å². The van der Waals surface area contributed by atoms with Gasteiger partial charge in [-0.05, 0) is 37.6 Å². The van der Waals surface area contributed by atoms with Gasteiger partial charge in [-0.2, -0.15) is 4.98 Å². The highest BCUT2D eigenvalue weighted by molar-refractivity contribution is 5.58. The molecule has 0 spiro atoms. The highest BCUT2D eigenvalue weighted by Gasteiger charge is 2.17. The Morgan fingerprint density at radius 3 is 3.16 bits per heavy atom. The van der Waals surface area contributed by atoms with E-state index in [2.05, 4.69) is 10.1 Å². The second-order valence-electron chi connectivity index (χ2n) is 4.48. The van der Waals surface area contributed by atoms with Gasteiger partial charge in [0.1, 0.15) is 11.9 Å². The van der Waals surface area contributed by atoms with Gasteiger partial charge >= 0.3 is 0 Å². The summed E-state index contributed by atoms with van der Waals surface area (Å²) in [4.78, 5) is 4.38. The number of nitrogens with zero attached hydrogens (tertiary/aromatic N) is 2. The van der Waals surface area contributed by atoms with Crippen LogP contribution in [-0.4, -0.2) is 23.4 Å². The first kappa shape index (κ1) is 12.2. The number of aromatic nitrogens is 2. The summed E-state index contributed by atoms with van der Waals surface area (Å²) in [5, 5.41) is 3.96. The predicted octanol–water partition coefficient (Wildman–Crippen LogP) is 2.77. The highest BCUT2D eigenvalue weighted by atomic mass is 16.5. The molecule has 0 saturated carbocycles. The first-order valence-electron chi connectivity index (χ1n) is 6.49. The van der Waals surface area contributed by atoms with Gasteiger partial charge in [-0.15, -0.1) is 0 Å². The molecule has 2 aromatic rings. The molecule has 5 nitrogen and oxygen atoms in total. The molecule has 0 fully saturated rings. The molecule has 1 unspecified atom stereocenters. The molecule has 2 heterocycles. The van der Waals surface area contributed by atoms with Gasteiger partial charge in [0.05, 0.1) is 6.61 Å². The molecule has 0 saturated heterocycles. The minimum Gasteiger partial charge on any atom is -0.493 e. The zero-order chi connectivity index (χ0) is 13.2. The smallest absolute Gasteiger partial charge is 0.258 e. The van der Waals surface area contributed by atoms with Crippen molar-refractivity contribution >= 4 is 0 Å². The van der Waals surface area contributed by atoms with E-state index >= 15 is 0 Å². The molecule has 0 bridgehead atoms. The van der Waals surface area contributed by atoms with Gasteiger partial charge in [0, 0.05) is 18.6 Å². The minimum absolute atomic E-state index is 0.153. The standard InChI is InChI=1S/C14H16N2O3/c1-3-17-9(2)13-15-14(19-16-13)11-4-5-12-10(8-11)6-7-18-12/h4-5,8-9H,3,6-7H2,1-2H3. The first-order chi connectivity index (χ1) is 9.28. The lowest BCUT2D eigenvalue weighted by atomic mass is 10.1.